The number of hydrogen-bond acceptors (Lipinski definition) is 7. The minimum absolute atomic E-state index is 0.0518. The van der Waals surface area contributed by atoms with Crippen molar-refractivity contribution in [3.8, 4) is 17.2 Å². The first kappa shape index (κ1) is 27.2. The molecule has 0 radical (unpaired) electrons. The zero-order valence-corrected chi connectivity index (χ0v) is 21.7. The lowest BCUT2D eigenvalue weighted by Gasteiger charge is -2.32. The van der Waals surface area contributed by atoms with Crippen molar-refractivity contribution in [1.82, 2.24) is 5.06 Å². The molecule has 0 aliphatic carbocycles. The van der Waals surface area contributed by atoms with Gasteiger partial charge in [-0.1, -0.05) is 32.9 Å². The van der Waals surface area contributed by atoms with Crippen LogP contribution in [-0.2, 0) is 11.4 Å². The number of benzene rings is 2. The minimum atomic E-state index is -1.46. The van der Waals surface area contributed by atoms with Crippen LogP contribution in [0.4, 0.5) is 0 Å². The van der Waals surface area contributed by atoms with Gasteiger partial charge in [0.2, 0.25) is 5.78 Å². The number of aliphatic carboxylic acids is 1. The van der Waals surface area contributed by atoms with E-state index in [0.29, 0.717) is 16.0 Å². The SMILES string of the molecule is COc1ccc(COc2cc(C(=O)C(=CN(O)C(C)C(C)(C)C)C(=O)O)c(Br)cc2OC)cc1. The average molecular weight is 536 g/mol. The Balaban J connectivity index is 2.39. The van der Waals surface area contributed by atoms with Crippen LogP contribution in [-0.4, -0.2) is 47.4 Å². The summed E-state index contributed by atoms with van der Waals surface area (Å²) >= 11 is 3.31. The summed E-state index contributed by atoms with van der Waals surface area (Å²) in [5.41, 5.74) is -0.0421. The number of rotatable bonds is 10. The second kappa shape index (κ2) is 11.4. The van der Waals surface area contributed by atoms with Crippen LogP contribution in [0.25, 0.3) is 0 Å². The largest absolute Gasteiger partial charge is 0.497 e. The van der Waals surface area contributed by atoms with E-state index in [4.69, 9.17) is 14.2 Å². The van der Waals surface area contributed by atoms with Gasteiger partial charge in [0.1, 0.15) is 17.9 Å². The molecule has 184 valence electrons. The van der Waals surface area contributed by atoms with Gasteiger partial charge in [-0.05, 0) is 58.1 Å². The number of ketones is 1. The maximum Gasteiger partial charge on any atom is 0.341 e. The van der Waals surface area contributed by atoms with E-state index in [1.54, 1.807) is 26.2 Å². The summed E-state index contributed by atoms with van der Waals surface area (Å²) in [4.78, 5) is 25.1. The highest BCUT2D eigenvalue weighted by atomic mass is 79.9. The second-order valence-corrected chi connectivity index (χ2v) is 9.57. The predicted molar refractivity (Wildman–Crippen MR) is 131 cm³/mol. The number of ether oxygens (including phenoxy) is 3. The molecule has 2 rings (SSSR count). The molecule has 0 fully saturated rings. The average Bonchev–Trinajstić information content (AvgIpc) is 2.79. The van der Waals surface area contributed by atoms with E-state index >= 15 is 0 Å². The third kappa shape index (κ3) is 6.74. The Labute approximate surface area is 207 Å². The van der Waals surface area contributed by atoms with Crippen molar-refractivity contribution in [1.29, 1.82) is 0 Å². The fraction of sp³-hybridized carbons (Fsp3) is 0.360. The summed E-state index contributed by atoms with van der Waals surface area (Å²) in [7, 11) is 3.04. The Morgan fingerprint density at radius 1 is 1.09 bits per heavy atom. The molecule has 0 aromatic heterocycles. The van der Waals surface area contributed by atoms with Crippen molar-refractivity contribution >= 4 is 27.7 Å². The molecule has 9 heteroatoms. The summed E-state index contributed by atoms with van der Waals surface area (Å²) in [5.74, 6) is -0.920. The van der Waals surface area contributed by atoms with Crippen LogP contribution in [0.5, 0.6) is 17.2 Å². The van der Waals surface area contributed by atoms with Gasteiger partial charge < -0.3 is 19.3 Å². The summed E-state index contributed by atoms with van der Waals surface area (Å²) in [6.07, 6.45) is 0.940. The Hall–Kier alpha value is -3.04. The quantitative estimate of drug-likeness (QED) is 0.138. The molecule has 2 N–H and O–H groups in total. The van der Waals surface area contributed by atoms with Gasteiger partial charge in [0, 0.05) is 16.2 Å². The third-order valence-corrected chi connectivity index (χ3v) is 6.09. The van der Waals surface area contributed by atoms with Crippen LogP contribution < -0.4 is 14.2 Å². The van der Waals surface area contributed by atoms with Crippen LogP contribution in [0, 0.1) is 5.41 Å². The molecular formula is C25H30BrNO7. The standard InChI is InChI=1S/C25H30BrNO7/c1-15(25(2,3)4)27(31)13-19(24(29)30)23(28)18-11-22(21(33-6)12-20(18)26)34-14-16-7-9-17(32-5)10-8-16/h7-13,15,31H,14H2,1-6H3,(H,29,30). The smallest absolute Gasteiger partial charge is 0.341 e. The zero-order chi connectivity index (χ0) is 25.6. The van der Waals surface area contributed by atoms with Gasteiger partial charge in [0.15, 0.2) is 11.5 Å². The van der Waals surface area contributed by atoms with Crippen LogP contribution in [0.15, 0.2) is 52.6 Å². The highest BCUT2D eigenvalue weighted by Crippen LogP contribution is 2.35. The number of Topliss-reactive ketones (excluding diaryl/α,β-unsaturated/α-hetero) is 1. The van der Waals surface area contributed by atoms with E-state index in [9.17, 15) is 19.9 Å². The molecule has 0 amide bonds. The molecule has 34 heavy (non-hydrogen) atoms. The highest BCUT2D eigenvalue weighted by Gasteiger charge is 2.28. The van der Waals surface area contributed by atoms with Crippen molar-refractivity contribution in [3.05, 3.63) is 63.8 Å². The lowest BCUT2D eigenvalue weighted by atomic mass is 9.88. The van der Waals surface area contributed by atoms with E-state index in [2.05, 4.69) is 15.9 Å². The van der Waals surface area contributed by atoms with Crippen molar-refractivity contribution < 1.29 is 34.1 Å². The van der Waals surface area contributed by atoms with E-state index < -0.39 is 23.4 Å². The summed E-state index contributed by atoms with van der Waals surface area (Å²) in [5, 5.41) is 20.8. The molecule has 0 heterocycles. The van der Waals surface area contributed by atoms with E-state index in [1.165, 1.54) is 19.2 Å². The maximum atomic E-state index is 13.2. The molecule has 1 atom stereocenters. The maximum absolute atomic E-state index is 13.2. The monoisotopic (exact) mass is 535 g/mol. The molecule has 0 aliphatic rings. The number of methoxy groups -OCH3 is 2. The predicted octanol–water partition coefficient (Wildman–Crippen LogP) is 5.32. The van der Waals surface area contributed by atoms with Crippen molar-refractivity contribution in [3.63, 3.8) is 0 Å². The third-order valence-electron chi connectivity index (χ3n) is 5.44. The first-order valence-corrected chi connectivity index (χ1v) is 11.3. The van der Waals surface area contributed by atoms with Crippen LogP contribution in [0.1, 0.15) is 43.6 Å². The topological polar surface area (TPSA) is 106 Å². The Morgan fingerprint density at radius 2 is 1.71 bits per heavy atom. The van der Waals surface area contributed by atoms with Crippen molar-refractivity contribution in [2.75, 3.05) is 14.2 Å². The number of hydroxylamine groups is 2. The van der Waals surface area contributed by atoms with Gasteiger partial charge in [-0.2, -0.15) is 0 Å². The Bertz CT molecular complexity index is 1060. The molecule has 0 saturated carbocycles. The van der Waals surface area contributed by atoms with Gasteiger partial charge >= 0.3 is 5.97 Å². The number of hydrogen-bond donors (Lipinski definition) is 2. The Morgan fingerprint density at radius 3 is 2.21 bits per heavy atom. The Kier molecular flexibility index (Phi) is 9.12. The molecular weight excluding hydrogens is 506 g/mol. The molecule has 2 aromatic carbocycles. The van der Waals surface area contributed by atoms with Gasteiger partial charge in [-0.25, -0.2) is 4.79 Å². The fourth-order valence-electron chi connectivity index (χ4n) is 2.86. The summed E-state index contributed by atoms with van der Waals surface area (Å²) in [6, 6.07) is 9.79. The van der Waals surface area contributed by atoms with Crippen molar-refractivity contribution in [2.24, 2.45) is 5.41 Å². The summed E-state index contributed by atoms with van der Waals surface area (Å²) < 4.78 is 16.7. The summed E-state index contributed by atoms with van der Waals surface area (Å²) in [6.45, 7) is 7.59. The van der Waals surface area contributed by atoms with E-state index in [1.807, 2.05) is 32.9 Å². The normalized spacial score (nSPS) is 12.6. The van der Waals surface area contributed by atoms with E-state index in [0.717, 1.165) is 16.8 Å². The molecule has 2 aromatic rings. The van der Waals surface area contributed by atoms with E-state index in [-0.39, 0.29) is 23.3 Å². The highest BCUT2D eigenvalue weighted by molar-refractivity contribution is 9.10. The van der Waals surface area contributed by atoms with Crippen LogP contribution in [0.3, 0.4) is 0 Å². The minimum Gasteiger partial charge on any atom is -0.497 e. The second-order valence-electron chi connectivity index (χ2n) is 8.72. The number of halogens is 1. The number of carbonyl (C=O) groups excluding carboxylic acids is 1. The number of carbonyl (C=O) groups is 2. The molecule has 0 aliphatic heterocycles. The van der Waals surface area contributed by atoms with Gasteiger partial charge in [-0.15, -0.1) is 0 Å². The van der Waals surface area contributed by atoms with Crippen molar-refractivity contribution in [2.45, 2.75) is 40.3 Å². The van der Waals surface area contributed by atoms with Gasteiger partial charge in [0.05, 0.1) is 20.3 Å². The zero-order valence-electron chi connectivity index (χ0n) is 20.1. The lowest BCUT2D eigenvalue weighted by Crippen LogP contribution is -2.37. The first-order chi connectivity index (χ1) is 15.9. The molecule has 0 spiro atoms. The molecule has 0 bridgehead atoms. The van der Waals surface area contributed by atoms with Gasteiger partial charge in [-0.3, -0.25) is 15.1 Å². The van der Waals surface area contributed by atoms with Gasteiger partial charge in [0.25, 0.3) is 0 Å². The van der Waals surface area contributed by atoms with Crippen LogP contribution >= 0.6 is 15.9 Å². The van der Waals surface area contributed by atoms with Crippen LogP contribution in [0.2, 0.25) is 0 Å². The first-order valence-electron chi connectivity index (χ1n) is 10.5. The fourth-order valence-corrected chi connectivity index (χ4v) is 3.36. The number of nitrogens with zero attached hydrogens (tertiary/aromatic N) is 1. The lowest BCUT2D eigenvalue weighted by molar-refractivity contribution is -0.133. The molecule has 1 unspecified atom stereocenters. The molecule has 0 saturated heterocycles. The number of carboxylic acid groups (broad SMARTS) is 1. The molecule has 8 nitrogen and oxygen atoms in total. The number of carboxylic acids is 1.